The van der Waals surface area contributed by atoms with Gasteiger partial charge in [-0.2, -0.15) is 0 Å². The summed E-state index contributed by atoms with van der Waals surface area (Å²) in [6.45, 7) is 0.926. The molecule has 4 amide bonds. The number of aromatic nitrogens is 2. The number of benzene rings is 3. The highest BCUT2D eigenvalue weighted by atomic mass is 16.5. The van der Waals surface area contributed by atoms with E-state index in [0.717, 1.165) is 30.4 Å². The molecule has 4 N–H and O–H groups in total. The molecule has 2 aromatic heterocycles. The molecule has 0 spiro atoms. The fourth-order valence-electron chi connectivity index (χ4n) is 7.06. The average molecular weight is 786 g/mol. The normalized spacial score (nSPS) is 14.5. The first-order chi connectivity index (χ1) is 28.0. The zero-order chi connectivity index (χ0) is 40.9. The zero-order valence-electron chi connectivity index (χ0n) is 32.3. The van der Waals surface area contributed by atoms with Gasteiger partial charge in [-0.3, -0.25) is 24.2 Å². The van der Waals surface area contributed by atoms with Crippen molar-refractivity contribution in [1.82, 2.24) is 14.0 Å². The van der Waals surface area contributed by atoms with E-state index in [4.69, 9.17) is 14.6 Å². The quantitative estimate of drug-likeness (QED) is 0.0945. The lowest BCUT2D eigenvalue weighted by atomic mass is 10.0. The summed E-state index contributed by atoms with van der Waals surface area (Å²) in [5.74, 6) is -1.20. The van der Waals surface area contributed by atoms with Crippen molar-refractivity contribution in [2.24, 2.45) is 19.1 Å². The number of piperidine rings is 1. The van der Waals surface area contributed by atoms with E-state index in [-0.39, 0.29) is 48.3 Å². The monoisotopic (exact) mass is 785 g/mol. The summed E-state index contributed by atoms with van der Waals surface area (Å²) in [6, 6.07) is 19.8. The predicted octanol–water partition coefficient (Wildman–Crippen LogP) is 6.75. The Morgan fingerprint density at radius 1 is 0.793 bits per heavy atom. The number of ether oxygens (including phenoxy) is 2. The number of rotatable bonds is 13. The van der Waals surface area contributed by atoms with Crippen LogP contribution in [-0.4, -0.2) is 81.3 Å². The molecule has 0 aliphatic carbocycles. The Labute approximate surface area is 334 Å². The van der Waals surface area contributed by atoms with Crippen LogP contribution in [0.3, 0.4) is 0 Å². The van der Waals surface area contributed by atoms with Crippen LogP contribution in [-0.2, 0) is 18.9 Å². The Kier molecular flexibility index (Phi) is 11.4. The van der Waals surface area contributed by atoms with Crippen molar-refractivity contribution in [3.63, 3.8) is 0 Å². The van der Waals surface area contributed by atoms with Gasteiger partial charge in [0, 0.05) is 68.7 Å². The average Bonchev–Trinajstić information content (AvgIpc) is 3.76. The van der Waals surface area contributed by atoms with Gasteiger partial charge in [0.1, 0.15) is 11.4 Å². The number of amides is 4. The van der Waals surface area contributed by atoms with Crippen LogP contribution in [0.4, 0.5) is 22.7 Å². The minimum absolute atomic E-state index is 0.0152. The van der Waals surface area contributed by atoms with E-state index < -0.39 is 5.97 Å². The molecule has 0 radical (unpaired) electrons. The molecule has 15 nitrogen and oxygen atoms in total. The summed E-state index contributed by atoms with van der Waals surface area (Å²) in [5.41, 5.74) is 4.99. The van der Waals surface area contributed by atoms with Gasteiger partial charge in [-0.1, -0.05) is 12.1 Å². The first-order valence-electron chi connectivity index (χ1n) is 18.9. The molecule has 15 heteroatoms. The topological polar surface area (TPSA) is 186 Å². The molecule has 58 heavy (non-hydrogen) atoms. The van der Waals surface area contributed by atoms with E-state index in [0.29, 0.717) is 64.2 Å². The maximum atomic E-state index is 13.3. The predicted molar refractivity (Wildman–Crippen MR) is 219 cm³/mol. The number of carbonyl (C=O) groups is 5. The van der Waals surface area contributed by atoms with Crippen molar-refractivity contribution >= 4 is 58.6 Å². The fourth-order valence-corrected chi connectivity index (χ4v) is 7.06. The van der Waals surface area contributed by atoms with E-state index in [2.05, 4.69) is 20.9 Å². The van der Waals surface area contributed by atoms with Gasteiger partial charge in [-0.05, 0) is 85.8 Å². The highest BCUT2D eigenvalue weighted by molar-refractivity contribution is 6.06. The standard InChI is InChI=1S/C43H43N7O8/c1-48-24-28(19-35(48)40(52)46-30-15-11-27(12-16-30)43(55)56)26-9-13-29(14-10-26)47-41(53)36-20-31(25-49(36)2)45-39(51)8-6-18-58-38-22-34-33(21-37(38)57-3)42(54)50-17-5-4-7-32(50)23-44-34/h9-16,19-25,32H,4-8,17-18H2,1-3H3,(H,45,51)(H,46,52)(H,47,53)(H,55,56)/t32-/m0/s1. The van der Waals surface area contributed by atoms with E-state index in [1.807, 2.05) is 29.4 Å². The first-order valence-corrected chi connectivity index (χ1v) is 18.9. The molecule has 0 unspecified atom stereocenters. The van der Waals surface area contributed by atoms with Crippen LogP contribution in [0.5, 0.6) is 11.5 Å². The smallest absolute Gasteiger partial charge is 0.335 e. The first kappa shape index (κ1) is 39.1. The molecular weight excluding hydrogens is 743 g/mol. The molecule has 2 aliphatic heterocycles. The maximum absolute atomic E-state index is 13.3. The second-order valence-corrected chi connectivity index (χ2v) is 14.2. The number of anilines is 3. The van der Waals surface area contributed by atoms with E-state index in [9.17, 15) is 24.0 Å². The Hall–Kier alpha value is -7.16. The van der Waals surface area contributed by atoms with Gasteiger partial charge in [-0.15, -0.1) is 0 Å². The van der Waals surface area contributed by atoms with Gasteiger partial charge >= 0.3 is 5.97 Å². The second-order valence-electron chi connectivity index (χ2n) is 14.2. The third-order valence-electron chi connectivity index (χ3n) is 10.1. The molecule has 4 heterocycles. The number of hydrogen-bond acceptors (Lipinski definition) is 8. The lowest BCUT2D eigenvalue weighted by Gasteiger charge is -2.32. The number of aliphatic imine (C=N–C) groups is 1. The number of fused-ring (bicyclic) bond motifs is 2. The van der Waals surface area contributed by atoms with Crippen LogP contribution in [0.1, 0.15) is 73.8 Å². The van der Waals surface area contributed by atoms with Gasteiger partial charge in [0.2, 0.25) is 5.91 Å². The summed E-state index contributed by atoms with van der Waals surface area (Å²) < 4.78 is 14.8. The van der Waals surface area contributed by atoms with Crippen molar-refractivity contribution in [1.29, 1.82) is 0 Å². The van der Waals surface area contributed by atoms with Crippen molar-refractivity contribution < 1.29 is 38.6 Å². The number of nitrogens with zero attached hydrogens (tertiary/aromatic N) is 4. The molecule has 1 atom stereocenters. The van der Waals surface area contributed by atoms with Crippen LogP contribution in [0.15, 0.2) is 90.2 Å². The highest BCUT2D eigenvalue weighted by Crippen LogP contribution is 2.38. The van der Waals surface area contributed by atoms with Gasteiger partial charge in [-0.25, -0.2) is 4.79 Å². The minimum Gasteiger partial charge on any atom is -0.493 e. The molecule has 3 aromatic carbocycles. The van der Waals surface area contributed by atoms with Gasteiger partial charge in [0.15, 0.2) is 11.5 Å². The summed E-state index contributed by atoms with van der Waals surface area (Å²) in [4.78, 5) is 69.9. The lowest BCUT2D eigenvalue weighted by molar-refractivity contribution is -0.116. The second kappa shape index (κ2) is 16.9. The van der Waals surface area contributed by atoms with Crippen LogP contribution in [0.2, 0.25) is 0 Å². The number of hydrogen-bond donors (Lipinski definition) is 4. The van der Waals surface area contributed by atoms with Gasteiger partial charge in [0.25, 0.3) is 17.7 Å². The molecule has 0 bridgehead atoms. The summed E-state index contributed by atoms with van der Waals surface area (Å²) in [6.07, 6.45) is 8.80. The highest BCUT2D eigenvalue weighted by Gasteiger charge is 2.31. The Bertz CT molecular complexity index is 2410. The molecule has 1 saturated heterocycles. The number of aryl methyl sites for hydroxylation is 2. The number of carboxylic acid groups (broad SMARTS) is 1. The maximum Gasteiger partial charge on any atom is 0.335 e. The summed E-state index contributed by atoms with van der Waals surface area (Å²) in [7, 11) is 4.99. The van der Waals surface area contributed by atoms with Gasteiger partial charge in [0.05, 0.1) is 42.3 Å². The van der Waals surface area contributed by atoms with E-state index in [1.54, 1.807) is 65.8 Å². The molecule has 7 rings (SSSR count). The van der Waals surface area contributed by atoms with E-state index in [1.165, 1.54) is 31.4 Å². The van der Waals surface area contributed by atoms with Crippen molar-refractivity contribution in [3.8, 4) is 22.6 Å². The largest absolute Gasteiger partial charge is 0.493 e. The molecule has 1 fully saturated rings. The number of nitrogens with one attached hydrogen (secondary N) is 3. The van der Waals surface area contributed by atoms with Crippen molar-refractivity contribution in [3.05, 3.63) is 108 Å². The molecular formula is C43H43N7O8. The van der Waals surface area contributed by atoms with Crippen LogP contribution < -0.4 is 25.4 Å². The zero-order valence-corrected chi connectivity index (χ0v) is 32.3. The molecule has 0 saturated carbocycles. The number of carbonyl (C=O) groups excluding carboxylic acids is 4. The Morgan fingerprint density at radius 2 is 1.47 bits per heavy atom. The molecule has 298 valence electrons. The minimum atomic E-state index is -1.05. The third kappa shape index (κ3) is 8.63. The van der Waals surface area contributed by atoms with Crippen molar-refractivity contribution in [2.45, 2.75) is 38.1 Å². The number of aromatic carboxylic acids is 1. The van der Waals surface area contributed by atoms with Crippen LogP contribution >= 0.6 is 0 Å². The van der Waals surface area contributed by atoms with Crippen molar-refractivity contribution in [2.75, 3.05) is 36.2 Å². The Balaban J connectivity index is 0.896. The Morgan fingerprint density at radius 3 is 2.16 bits per heavy atom. The fraction of sp³-hybridized carbons (Fsp3) is 0.256. The van der Waals surface area contributed by atoms with E-state index >= 15 is 0 Å². The number of carboxylic acids is 1. The lowest BCUT2D eigenvalue weighted by Crippen LogP contribution is -2.43. The van der Waals surface area contributed by atoms with Crippen LogP contribution in [0.25, 0.3) is 11.1 Å². The molecule has 2 aliphatic rings. The molecule has 5 aromatic rings. The summed E-state index contributed by atoms with van der Waals surface area (Å²) in [5, 5.41) is 17.6. The third-order valence-corrected chi connectivity index (χ3v) is 10.1. The SMILES string of the molecule is COc1cc2c(cc1OCCCC(=O)Nc1cc(C(=O)Nc3ccc(-c4cc(C(=O)Nc5ccc(C(=O)O)cc5)n(C)c4)cc3)n(C)c1)N=C[C@@H]1CCCCN1C2=O. The van der Waals surface area contributed by atoms with Crippen LogP contribution in [0, 0.1) is 0 Å². The number of methoxy groups -OCH3 is 1. The van der Waals surface area contributed by atoms with Gasteiger partial charge < -0.3 is 44.6 Å². The summed E-state index contributed by atoms with van der Waals surface area (Å²) >= 11 is 0.